The van der Waals surface area contributed by atoms with Gasteiger partial charge >= 0.3 is 0 Å². The van der Waals surface area contributed by atoms with Crippen LogP contribution in [0.3, 0.4) is 0 Å². The van der Waals surface area contributed by atoms with E-state index in [0.717, 1.165) is 4.90 Å². The van der Waals surface area contributed by atoms with E-state index in [9.17, 15) is 19.2 Å². The van der Waals surface area contributed by atoms with Crippen LogP contribution in [0.1, 0.15) is 50.8 Å². The summed E-state index contributed by atoms with van der Waals surface area (Å²) in [6.45, 7) is 1.81. The molecule has 2 aromatic rings. The molecule has 8 nitrogen and oxygen atoms in total. The number of imide groups is 1. The van der Waals surface area contributed by atoms with Crippen LogP contribution in [0.5, 0.6) is 0 Å². The number of carbonyl (C=O) groups excluding carboxylic acids is 4. The summed E-state index contributed by atoms with van der Waals surface area (Å²) in [5, 5.41) is 6.92. The molecule has 2 aromatic carbocycles. The van der Waals surface area contributed by atoms with Gasteiger partial charge in [-0.05, 0) is 49.1 Å². The lowest BCUT2D eigenvalue weighted by molar-refractivity contribution is -0.123. The van der Waals surface area contributed by atoms with Crippen LogP contribution in [0.2, 0.25) is 0 Å². The molecule has 0 bridgehead atoms. The maximum atomic E-state index is 12.8. The second kappa shape index (κ2) is 11.4. The first-order valence-electron chi connectivity index (χ1n) is 10.6. The van der Waals surface area contributed by atoms with E-state index in [4.69, 9.17) is 0 Å². The number of hydrogen-bond donors (Lipinski definition) is 2. The Balaban J connectivity index is 1.66. The standard InChI is InChI=1S/C24H26N4O4S/c1-3-17(15-28-23(31)18-11-7-8-12-19(18)24(28)32)26-27-22(30)20(13-14-33-2)25-21(29)16-9-5-4-6-10-16/h4-12,20H,3,13-15H2,1-2H3,(H,25,29)(H,27,30)/b26-17-/t20-/m1/s1. The third-order valence-corrected chi connectivity index (χ3v) is 5.86. The Kier molecular flexibility index (Phi) is 8.37. The minimum atomic E-state index is -0.772. The van der Waals surface area contributed by atoms with Gasteiger partial charge in [0.25, 0.3) is 23.6 Å². The predicted octanol–water partition coefficient (Wildman–Crippen LogP) is 2.72. The zero-order chi connectivity index (χ0) is 23.8. The smallest absolute Gasteiger partial charge is 0.262 e. The van der Waals surface area contributed by atoms with Crippen molar-refractivity contribution in [2.75, 3.05) is 18.6 Å². The van der Waals surface area contributed by atoms with E-state index in [2.05, 4.69) is 15.8 Å². The third-order valence-electron chi connectivity index (χ3n) is 5.22. The molecule has 0 saturated carbocycles. The van der Waals surface area contributed by atoms with Crippen LogP contribution in [0.4, 0.5) is 0 Å². The molecule has 2 N–H and O–H groups in total. The second-order valence-electron chi connectivity index (χ2n) is 7.42. The molecule has 3 rings (SSSR count). The number of rotatable bonds is 10. The fourth-order valence-electron chi connectivity index (χ4n) is 3.34. The van der Waals surface area contributed by atoms with Gasteiger partial charge in [-0.25, -0.2) is 5.43 Å². The van der Waals surface area contributed by atoms with Gasteiger partial charge in [0.15, 0.2) is 0 Å². The largest absolute Gasteiger partial charge is 0.340 e. The van der Waals surface area contributed by atoms with Crippen molar-refractivity contribution in [1.29, 1.82) is 0 Å². The minimum absolute atomic E-state index is 0.0189. The molecule has 1 atom stereocenters. The van der Waals surface area contributed by atoms with Crippen LogP contribution >= 0.6 is 11.8 Å². The molecule has 0 spiro atoms. The molecule has 4 amide bonds. The SMILES string of the molecule is CC/C(CN1C(=O)c2ccccc2C1=O)=N/NC(=O)[C@@H](CCSC)NC(=O)c1ccccc1. The molecule has 1 aliphatic heterocycles. The summed E-state index contributed by atoms with van der Waals surface area (Å²) in [4.78, 5) is 51.6. The van der Waals surface area contributed by atoms with Gasteiger partial charge in [-0.15, -0.1) is 0 Å². The van der Waals surface area contributed by atoms with Gasteiger partial charge < -0.3 is 5.32 Å². The summed E-state index contributed by atoms with van der Waals surface area (Å²) in [5.74, 6) is -0.886. The number of benzene rings is 2. The lowest BCUT2D eigenvalue weighted by Gasteiger charge is -2.18. The Morgan fingerprint density at radius 3 is 2.18 bits per heavy atom. The van der Waals surface area contributed by atoms with Crippen molar-refractivity contribution in [1.82, 2.24) is 15.6 Å². The molecule has 1 heterocycles. The van der Waals surface area contributed by atoms with Crippen LogP contribution in [-0.2, 0) is 4.79 Å². The van der Waals surface area contributed by atoms with Crippen molar-refractivity contribution in [3.63, 3.8) is 0 Å². The molecule has 0 aromatic heterocycles. The van der Waals surface area contributed by atoms with Crippen molar-refractivity contribution in [3.05, 3.63) is 71.3 Å². The number of nitrogens with one attached hydrogen (secondary N) is 2. The Morgan fingerprint density at radius 1 is 1.00 bits per heavy atom. The molecular weight excluding hydrogens is 440 g/mol. The maximum Gasteiger partial charge on any atom is 0.262 e. The average Bonchev–Trinajstić information content (AvgIpc) is 3.09. The molecule has 0 aliphatic carbocycles. The first-order chi connectivity index (χ1) is 16.0. The average molecular weight is 467 g/mol. The quantitative estimate of drug-likeness (QED) is 0.318. The van der Waals surface area contributed by atoms with E-state index in [1.54, 1.807) is 60.3 Å². The first-order valence-corrected chi connectivity index (χ1v) is 12.0. The molecular formula is C24H26N4O4S. The van der Waals surface area contributed by atoms with E-state index in [0.29, 0.717) is 41.0 Å². The highest BCUT2D eigenvalue weighted by Crippen LogP contribution is 2.22. The van der Waals surface area contributed by atoms with Crippen LogP contribution in [0.15, 0.2) is 59.7 Å². The number of hydrazone groups is 1. The van der Waals surface area contributed by atoms with E-state index in [-0.39, 0.29) is 24.3 Å². The second-order valence-corrected chi connectivity index (χ2v) is 8.41. The summed E-state index contributed by atoms with van der Waals surface area (Å²) in [6.07, 6.45) is 2.78. The van der Waals surface area contributed by atoms with Gasteiger partial charge in [-0.1, -0.05) is 37.3 Å². The van der Waals surface area contributed by atoms with Crippen molar-refractivity contribution < 1.29 is 19.2 Å². The summed E-state index contributed by atoms with van der Waals surface area (Å²) in [7, 11) is 0. The van der Waals surface area contributed by atoms with Crippen molar-refractivity contribution >= 4 is 41.1 Å². The van der Waals surface area contributed by atoms with E-state index < -0.39 is 11.9 Å². The predicted molar refractivity (Wildman–Crippen MR) is 128 cm³/mol. The van der Waals surface area contributed by atoms with E-state index in [1.807, 2.05) is 19.2 Å². The monoisotopic (exact) mass is 466 g/mol. The molecule has 1 aliphatic rings. The number of hydrogen-bond acceptors (Lipinski definition) is 6. The molecule has 0 unspecified atom stereocenters. The van der Waals surface area contributed by atoms with Crippen molar-refractivity contribution in [2.45, 2.75) is 25.8 Å². The number of nitrogens with zero attached hydrogens (tertiary/aromatic N) is 2. The number of fused-ring (bicyclic) bond motifs is 1. The van der Waals surface area contributed by atoms with Gasteiger partial charge in [-0.3, -0.25) is 24.1 Å². The zero-order valence-corrected chi connectivity index (χ0v) is 19.4. The van der Waals surface area contributed by atoms with Crippen LogP contribution in [0, 0.1) is 0 Å². The highest BCUT2D eigenvalue weighted by atomic mass is 32.2. The van der Waals surface area contributed by atoms with Gasteiger partial charge in [-0.2, -0.15) is 16.9 Å². The molecule has 33 heavy (non-hydrogen) atoms. The Morgan fingerprint density at radius 2 is 1.61 bits per heavy atom. The fraction of sp³-hybridized carbons (Fsp3) is 0.292. The Bertz CT molecular complexity index is 1040. The number of amides is 4. The van der Waals surface area contributed by atoms with Crippen molar-refractivity contribution in [3.8, 4) is 0 Å². The van der Waals surface area contributed by atoms with Crippen LogP contribution < -0.4 is 10.7 Å². The first kappa shape index (κ1) is 24.2. The van der Waals surface area contributed by atoms with Crippen LogP contribution in [-0.4, -0.2) is 58.8 Å². The van der Waals surface area contributed by atoms with E-state index >= 15 is 0 Å². The molecule has 9 heteroatoms. The Hall–Kier alpha value is -3.46. The van der Waals surface area contributed by atoms with Gasteiger partial charge in [0.1, 0.15) is 6.04 Å². The lowest BCUT2D eigenvalue weighted by atomic mass is 10.1. The Labute approximate surface area is 196 Å². The van der Waals surface area contributed by atoms with Gasteiger partial charge in [0.2, 0.25) is 0 Å². The summed E-state index contributed by atoms with van der Waals surface area (Å²) in [5.41, 5.74) is 4.16. The highest BCUT2D eigenvalue weighted by Gasteiger charge is 2.35. The summed E-state index contributed by atoms with van der Waals surface area (Å²) < 4.78 is 0. The molecule has 172 valence electrons. The molecule has 0 saturated heterocycles. The molecule has 0 fully saturated rings. The van der Waals surface area contributed by atoms with Crippen molar-refractivity contribution in [2.24, 2.45) is 5.10 Å². The summed E-state index contributed by atoms with van der Waals surface area (Å²) >= 11 is 1.57. The topological polar surface area (TPSA) is 108 Å². The third kappa shape index (κ3) is 5.87. The molecule has 0 radical (unpaired) electrons. The zero-order valence-electron chi connectivity index (χ0n) is 18.5. The normalized spacial score (nSPS) is 14.1. The van der Waals surface area contributed by atoms with Gasteiger partial charge in [0.05, 0.1) is 23.4 Å². The number of carbonyl (C=O) groups is 4. The van der Waals surface area contributed by atoms with E-state index in [1.165, 1.54) is 0 Å². The minimum Gasteiger partial charge on any atom is -0.340 e. The lowest BCUT2D eigenvalue weighted by Crippen LogP contribution is -2.46. The van der Waals surface area contributed by atoms with Crippen LogP contribution in [0.25, 0.3) is 0 Å². The fourth-order valence-corrected chi connectivity index (χ4v) is 3.81. The van der Waals surface area contributed by atoms with Gasteiger partial charge in [0, 0.05) is 5.56 Å². The maximum absolute atomic E-state index is 12.8. The highest BCUT2D eigenvalue weighted by molar-refractivity contribution is 7.98. The summed E-state index contributed by atoms with van der Waals surface area (Å²) in [6, 6.07) is 14.5. The number of thioether (sulfide) groups is 1.